The third kappa shape index (κ3) is 3.80. The maximum atomic E-state index is 12.8. The fourth-order valence-electron chi connectivity index (χ4n) is 3.65. The molecule has 1 aromatic carbocycles. The molecule has 0 bridgehead atoms. The van der Waals surface area contributed by atoms with E-state index >= 15 is 0 Å². The maximum Gasteiger partial charge on any atom is 0.262 e. The number of fused-ring (bicyclic) bond motifs is 1. The van der Waals surface area contributed by atoms with Crippen molar-refractivity contribution in [1.29, 1.82) is 0 Å². The molecule has 0 radical (unpaired) electrons. The van der Waals surface area contributed by atoms with Crippen LogP contribution in [0.5, 0.6) is 0 Å². The quantitative estimate of drug-likeness (QED) is 0.590. The van der Waals surface area contributed by atoms with Gasteiger partial charge in [-0.3, -0.25) is 14.2 Å². The van der Waals surface area contributed by atoms with Crippen LogP contribution in [0, 0.1) is 0 Å². The Labute approximate surface area is 158 Å². The number of para-hydroxylation sites is 1. The minimum absolute atomic E-state index is 0.00409. The molecule has 1 amide bonds. The predicted octanol–water partition coefficient (Wildman–Crippen LogP) is 3.86. The summed E-state index contributed by atoms with van der Waals surface area (Å²) in [6.07, 6.45) is 4.38. The summed E-state index contributed by atoms with van der Waals surface area (Å²) in [5.41, 5.74) is 0.652. The molecular formula is C20H27N3O2S. The Morgan fingerprint density at radius 3 is 2.81 bits per heavy atom. The minimum atomic E-state index is -0.0371. The van der Waals surface area contributed by atoms with Gasteiger partial charge in [-0.05, 0) is 51.7 Å². The molecule has 6 heteroatoms. The van der Waals surface area contributed by atoms with Crippen LogP contribution in [-0.4, -0.2) is 38.7 Å². The topological polar surface area (TPSA) is 55.2 Å². The van der Waals surface area contributed by atoms with E-state index in [1.807, 2.05) is 43.0 Å². The Balaban J connectivity index is 1.85. The van der Waals surface area contributed by atoms with E-state index in [0.29, 0.717) is 27.9 Å². The maximum absolute atomic E-state index is 12.8. The van der Waals surface area contributed by atoms with Gasteiger partial charge in [-0.1, -0.05) is 30.8 Å². The van der Waals surface area contributed by atoms with Gasteiger partial charge in [-0.2, -0.15) is 0 Å². The van der Waals surface area contributed by atoms with Gasteiger partial charge in [0, 0.05) is 18.6 Å². The summed E-state index contributed by atoms with van der Waals surface area (Å²) in [7, 11) is 0. The molecule has 5 nitrogen and oxygen atoms in total. The molecule has 0 spiro atoms. The molecule has 1 atom stereocenters. The second-order valence-electron chi connectivity index (χ2n) is 7.11. The largest absolute Gasteiger partial charge is 0.339 e. The van der Waals surface area contributed by atoms with Gasteiger partial charge >= 0.3 is 0 Å². The molecular weight excluding hydrogens is 346 g/mol. The van der Waals surface area contributed by atoms with Crippen LogP contribution in [0.15, 0.2) is 34.2 Å². The molecule has 1 aliphatic rings. The number of rotatable bonds is 5. The fourth-order valence-corrected chi connectivity index (χ4v) is 4.66. The summed E-state index contributed by atoms with van der Waals surface area (Å²) in [6.45, 7) is 6.94. The Bertz CT molecular complexity index is 847. The first kappa shape index (κ1) is 19.0. The van der Waals surface area contributed by atoms with Crippen molar-refractivity contribution in [3.63, 3.8) is 0 Å². The molecule has 1 aromatic heterocycles. The monoisotopic (exact) mass is 373 g/mol. The van der Waals surface area contributed by atoms with E-state index in [1.165, 1.54) is 18.2 Å². The van der Waals surface area contributed by atoms with Crippen molar-refractivity contribution in [2.45, 2.75) is 63.7 Å². The first-order valence-electron chi connectivity index (χ1n) is 9.46. The summed E-state index contributed by atoms with van der Waals surface area (Å²) in [5, 5.41) is 1.25. The van der Waals surface area contributed by atoms with E-state index in [2.05, 4.69) is 11.9 Å². The van der Waals surface area contributed by atoms with Crippen LogP contribution in [0.4, 0.5) is 0 Å². The van der Waals surface area contributed by atoms with Crippen molar-refractivity contribution in [1.82, 2.24) is 14.5 Å². The number of hydrogen-bond donors (Lipinski definition) is 0. The summed E-state index contributed by atoms with van der Waals surface area (Å²) >= 11 is 1.38. The number of benzene rings is 1. The molecule has 140 valence electrons. The fraction of sp³-hybridized carbons (Fsp3) is 0.550. The summed E-state index contributed by atoms with van der Waals surface area (Å²) < 4.78 is 1.70. The standard InChI is InChI=1S/C20H27N3O2S/c1-4-15-9-7-8-12-22(15)18(24)13-26-20-21-17-11-6-5-10-16(17)19(25)23(20)14(2)3/h5-6,10-11,14-15H,4,7-9,12-13H2,1-3H3. The second kappa shape index (κ2) is 8.25. The molecule has 26 heavy (non-hydrogen) atoms. The van der Waals surface area contributed by atoms with E-state index in [4.69, 9.17) is 0 Å². The molecule has 1 saturated heterocycles. The van der Waals surface area contributed by atoms with Crippen molar-refractivity contribution >= 4 is 28.6 Å². The van der Waals surface area contributed by atoms with Crippen molar-refractivity contribution < 1.29 is 4.79 Å². The molecule has 0 aliphatic carbocycles. The molecule has 2 heterocycles. The zero-order valence-corrected chi connectivity index (χ0v) is 16.6. The SMILES string of the molecule is CCC1CCCCN1C(=O)CSc1nc2ccccc2c(=O)n1C(C)C. The van der Waals surface area contributed by atoms with Gasteiger partial charge in [0.2, 0.25) is 5.91 Å². The number of likely N-dealkylation sites (tertiary alicyclic amines) is 1. The van der Waals surface area contributed by atoms with Crippen LogP contribution in [0.3, 0.4) is 0 Å². The normalized spacial score (nSPS) is 17.8. The zero-order valence-electron chi connectivity index (χ0n) is 15.8. The van der Waals surface area contributed by atoms with E-state index < -0.39 is 0 Å². The van der Waals surface area contributed by atoms with Crippen LogP contribution in [0.2, 0.25) is 0 Å². The van der Waals surface area contributed by atoms with Gasteiger partial charge in [0.25, 0.3) is 5.56 Å². The molecule has 2 aromatic rings. The zero-order chi connectivity index (χ0) is 18.7. The van der Waals surface area contributed by atoms with E-state index in [9.17, 15) is 9.59 Å². The lowest BCUT2D eigenvalue weighted by Gasteiger charge is -2.35. The first-order valence-corrected chi connectivity index (χ1v) is 10.4. The Morgan fingerprint density at radius 2 is 2.08 bits per heavy atom. The Hall–Kier alpha value is -1.82. The Morgan fingerprint density at radius 1 is 1.31 bits per heavy atom. The molecule has 1 fully saturated rings. The number of piperidine rings is 1. The lowest BCUT2D eigenvalue weighted by atomic mass is 10.0. The van der Waals surface area contributed by atoms with Gasteiger partial charge in [0.05, 0.1) is 16.7 Å². The number of carbonyl (C=O) groups is 1. The summed E-state index contributed by atoms with van der Waals surface area (Å²) in [4.78, 5) is 32.3. The molecule has 0 saturated carbocycles. The average Bonchev–Trinajstić information content (AvgIpc) is 2.65. The van der Waals surface area contributed by atoms with Crippen LogP contribution < -0.4 is 5.56 Å². The highest BCUT2D eigenvalue weighted by molar-refractivity contribution is 7.99. The lowest BCUT2D eigenvalue weighted by molar-refractivity contribution is -0.132. The minimum Gasteiger partial charge on any atom is -0.339 e. The first-order chi connectivity index (χ1) is 12.5. The summed E-state index contributed by atoms with van der Waals surface area (Å²) in [5.74, 6) is 0.479. The highest BCUT2D eigenvalue weighted by atomic mass is 32.2. The molecule has 3 rings (SSSR count). The molecule has 1 aliphatic heterocycles. The average molecular weight is 374 g/mol. The number of aromatic nitrogens is 2. The van der Waals surface area contributed by atoms with E-state index in [0.717, 1.165) is 25.8 Å². The van der Waals surface area contributed by atoms with Gasteiger partial charge < -0.3 is 4.90 Å². The van der Waals surface area contributed by atoms with E-state index in [1.54, 1.807) is 4.57 Å². The highest BCUT2D eigenvalue weighted by Gasteiger charge is 2.25. The number of thioether (sulfide) groups is 1. The van der Waals surface area contributed by atoms with Crippen molar-refractivity contribution in [2.24, 2.45) is 0 Å². The number of nitrogens with zero attached hydrogens (tertiary/aromatic N) is 3. The number of amides is 1. The predicted molar refractivity (Wildman–Crippen MR) is 107 cm³/mol. The smallest absolute Gasteiger partial charge is 0.262 e. The van der Waals surface area contributed by atoms with Crippen LogP contribution in [0.1, 0.15) is 52.5 Å². The molecule has 0 N–H and O–H groups in total. The Kier molecular flexibility index (Phi) is 6.01. The third-order valence-corrected chi connectivity index (χ3v) is 5.97. The highest BCUT2D eigenvalue weighted by Crippen LogP contribution is 2.24. The number of carbonyl (C=O) groups excluding carboxylic acids is 1. The lowest BCUT2D eigenvalue weighted by Crippen LogP contribution is -2.44. The molecule has 1 unspecified atom stereocenters. The third-order valence-electron chi connectivity index (χ3n) is 5.04. The summed E-state index contributed by atoms with van der Waals surface area (Å²) in [6, 6.07) is 7.75. The van der Waals surface area contributed by atoms with Crippen molar-refractivity contribution in [3.8, 4) is 0 Å². The second-order valence-corrected chi connectivity index (χ2v) is 8.06. The van der Waals surface area contributed by atoms with Gasteiger partial charge in [0.1, 0.15) is 0 Å². The van der Waals surface area contributed by atoms with Crippen molar-refractivity contribution in [2.75, 3.05) is 12.3 Å². The van der Waals surface area contributed by atoms with Crippen LogP contribution >= 0.6 is 11.8 Å². The van der Waals surface area contributed by atoms with Crippen LogP contribution in [0.25, 0.3) is 10.9 Å². The van der Waals surface area contributed by atoms with Crippen molar-refractivity contribution in [3.05, 3.63) is 34.6 Å². The van der Waals surface area contributed by atoms with Gasteiger partial charge in [-0.15, -0.1) is 0 Å². The number of hydrogen-bond acceptors (Lipinski definition) is 4. The van der Waals surface area contributed by atoms with Gasteiger partial charge in [-0.25, -0.2) is 4.98 Å². The van der Waals surface area contributed by atoms with Gasteiger partial charge in [0.15, 0.2) is 5.16 Å². The van der Waals surface area contributed by atoms with Crippen LogP contribution in [-0.2, 0) is 4.79 Å². The van der Waals surface area contributed by atoms with E-state index in [-0.39, 0.29) is 17.5 Å².